The van der Waals surface area contributed by atoms with Gasteiger partial charge in [0.1, 0.15) is 0 Å². The molecule has 2 aromatic carbocycles. The smallest absolute Gasteiger partial charge is 0.247 e. The van der Waals surface area contributed by atoms with Crippen LogP contribution in [0.25, 0.3) is 0 Å². The minimum atomic E-state index is -0.914. The van der Waals surface area contributed by atoms with Gasteiger partial charge in [0.25, 0.3) is 0 Å². The number of hydrogen-bond donors (Lipinski definition) is 2. The van der Waals surface area contributed by atoms with E-state index in [1.165, 1.54) is 5.56 Å². The molecule has 0 spiro atoms. The summed E-state index contributed by atoms with van der Waals surface area (Å²) in [6, 6.07) is 16.5. The van der Waals surface area contributed by atoms with Crippen molar-refractivity contribution < 1.29 is 9.59 Å². The molecule has 2 aromatic rings. The Balaban J connectivity index is 1.54. The van der Waals surface area contributed by atoms with E-state index in [0.29, 0.717) is 25.3 Å². The SMILES string of the molecule is CN(C)c1ccc(CN2C(=O)[C@](N)(CCC3CCC[C@H](C(N)=O)C3)CCc3ccccc32)cc1. The summed E-state index contributed by atoms with van der Waals surface area (Å²) < 4.78 is 0. The van der Waals surface area contributed by atoms with Gasteiger partial charge >= 0.3 is 0 Å². The van der Waals surface area contributed by atoms with Gasteiger partial charge in [-0.15, -0.1) is 0 Å². The molecule has 6 nitrogen and oxygen atoms in total. The van der Waals surface area contributed by atoms with Gasteiger partial charge in [0.2, 0.25) is 11.8 Å². The zero-order chi connectivity index (χ0) is 24.3. The summed E-state index contributed by atoms with van der Waals surface area (Å²) in [6.45, 7) is 0.496. The highest BCUT2D eigenvalue weighted by Crippen LogP contribution is 2.37. The predicted molar refractivity (Wildman–Crippen MR) is 138 cm³/mol. The van der Waals surface area contributed by atoms with Crippen LogP contribution in [0.15, 0.2) is 48.5 Å². The van der Waals surface area contributed by atoms with Crippen molar-refractivity contribution in [2.75, 3.05) is 23.9 Å². The molecule has 3 atom stereocenters. The van der Waals surface area contributed by atoms with Crippen LogP contribution in [0, 0.1) is 11.8 Å². The van der Waals surface area contributed by atoms with Gasteiger partial charge < -0.3 is 21.3 Å². The number of carbonyl (C=O) groups excluding carboxylic acids is 2. The Morgan fingerprint density at radius 2 is 1.85 bits per heavy atom. The van der Waals surface area contributed by atoms with Crippen LogP contribution in [-0.2, 0) is 22.6 Å². The van der Waals surface area contributed by atoms with E-state index in [9.17, 15) is 9.59 Å². The van der Waals surface area contributed by atoms with Crippen LogP contribution in [-0.4, -0.2) is 31.4 Å². The van der Waals surface area contributed by atoms with E-state index >= 15 is 0 Å². The summed E-state index contributed by atoms with van der Waals surface area (Å²) in [7, 11) is 4.04. The summed E-state index contributed by atoms with van der Waals surface area (Å²) in [6.07, 6.45) is 6.70. The first kappa shape index (κ1) is 24.3. The molecule has 1 aliphatic heterocycles. The lowest BCUT2D eigenvalue weighted by Crippen LogP contribution is -2.55. The number of nitrogens with two attached hydrogens (primary N) is 2. The minimum Gasteiger partial charge on any atom is -0.378 e. The van der Waals surface area contributed by atoms with Gasteiger partial charge in [-0.3, -0.25) is 9.59 Å². The molecule has 0 aromatic heterocycles. The zero-order valence-electron chi connectivity index (χ0n) is 20.5. The quantitative estimate of drug-likeness (QED) is 0.650. The summed E-state index contributed by atoms with van der Waals surface area (Å²) in [4.78, 5) is 29.6. The van der Waals surface area contributed by atoms with Crippen LogP contribution in [0.4, 0.5) is 11.4 Å². The third-order valence-corrected chi connectivity index (χ3v) is 7.77. The third-order valence-electron chi connectivity index (χ3n) is 7.77. The Kier molecular flexibility index (Phi) is 7.27. The van der Waals surface area contributed by atoms with Crippen molar-refractivity contribution in [3.05, 3.63) is 59.7 Å². The number of aryl methyl sites for hydroxylation is 1. The van der Waals surface area contributed by atoms with Crippen molar-refractivity contribution >= 4 is 23.2 Å². The van der Waals surface area contributed by atoms with E-state index in [1.807, 2.05) is 37.2 Å². The summed E-state index contributed by atoms with van der Waals surface area (Å²) in [5.74, 6) is 0.163. The molecule has 4 rings (SSSR count). The van der Waals surface area contributed by atoms with Crippen molar-refractivity contribution in [1.82, 2.24) is 0 Å². The molecule has 1 aliphatic carbocycles. The van der Waals surface area contributed by atoms with Gasteiger partial charge in [-0.05, 0) is 73.8 Å². The van der Waals surface area contributed by atoms with Gasteiger partial charge in [-0.25, -0.2) is 0 Å². The van der Waals surface area contributed by atoms with Gasteiger partial charge in [0.05, 0.1) is 12.1 Å². The van der Waals surface area contributed by atoms with Crippen LogP contribution >= 0.6 is 0 Å². The monoisotopic (exact) mass is 462 g/mol. The maximum absolute atomic E-state index is 14.0. The van der Waals surface area contributed by atoms with E-state index in [4.69, 9.17) is 11.5 Å². The second kappa shape index (κ2) is 10.2. The molecule has 1 saturated carbocycles. The molecule has 1 heterocycles. The van der Waals surface area contributed by atoms with Crippen molar-refractivity contribution in [2.24, 2.45) is 23.3 Å². The number of amides is 2. The third kappa shape index (κ3) is 5.27. The summed E-state index contributed by atoms with van der Waals surface area (Å²) in [5, 5.41) is 0. The van der Waals surface area contributed by atoms with E-state index in [0.717, 1.165) is 55.5 Å². The van der Waals surface area contributed by atoms with Crippen molar-refractivity contribution in [1.29, 1.82) is 0 Å². The second-order valence-electron chi connectivity index (χ2n) is 10.4. The molecular weight excluding hydrogens is 424 g/mol. The lowest BCUT2D eigenvalue weighted by atomic mass is 9.76. The lowest BCUT2D eigenvalue weighted by molar-refractivity contribution is -0.125. The number of nitrogens with zero attached hydrogens (tertiary/aromatic N) is 2. The Labute approximate surface area is 203 Å². The summed E-state index contributed by atoms with van der Waals surface area (Å²) >= 11 is 0. The molecule has 2 aliphatic rings. The zero-order valence-corrected chi connectivity index (χ0v) is 20.5. The Bertz CT molecular complexity index is 1020. The van der Waals surface area contributed by atoms with Crippen molar-refractivity contribution in [3.63, 3.8) is 0 Å². The Hall–Kier alpha value is -2.86. The first-order valence-corrected chi connectivity index (χ1v) is 12.5. The van der Waals surface area contributed by atoms with Crippen LogP contribution < -0.4 is 21.3 Å². The standard InChI is InChI=1S/C28H38N4O2/c1-31(2)24-12-10-21(11-13-24)19-32-25-9-4-3-7-22(25)15-17-28(30,27(32)34)16-14-20-6-5-8-23(18-20)26(29)33/h3-4,7,9-13,20,23H,5-6,8,14-19,30H2,1-2H3,(H2,29,33)/t20?,23-,28-/m0/s1. The van der Waals surface area contributed by atoms with Crippen LogP contribution in [0.2, 0.25) is 0 Å². The van der Waals surface area contributed by atoms with E-state index in [1.54, 1.807) is 0 Å². The number of anilines is 2. The highest BCUT2D eigenvalue weighted by atomic mass is 16.2. The number of primary amides is 1. The molecule has 0 bridgehead atoms. The molecule has 0 radical (unpaired) electrons. The molecule has 34 heavy (non-hydrogen) atoms. The molecule has 1 unspecified atom stereocenters. The fourth-order valence-electron chi connectivity index (χ4n) is 5.57. The maximum atomic E-state index is 14.0. The first-order valence-electron chi connectivity index (χ1n) is 12.5. The molecule has 0 saturated heterocycles. The van der Waals surface area contributed by atoms with Gasteiger partial charge in [0.15, 0.2) is 0 Å². The second-order valence-corrected chi connectivity index (χ2v) is 10.4. The number of para-hydroxylation sites is 1. The number of fused-ring (bicyclic) bond motifs is 1. The fourth-order valence-corrected chi connectivity index (χ4v) is 5.57. The molecule has 4 N–H and O–H groups in total. The van der Waals surface area contributed by atoms with Gasteiger partial charge in [-0.2, -0.15) is 0 Å². The van der Waals surface area contributed by atoms with E-state index in [2.05, 4.69) is 35.2 Å². The predicted octanol–water partition coefficient (Wildman–Crippen LogP) is 4.00. The van der Waals surface area contributed by atoms with E-state index < -0.39 is 5.54 Å². The largest absolute Gasteiger partial charge is 0.378 e. The Morgan fingerprint density at radius 1 is 1.12 bits per heavy atom. The number of rotatable bonds is 7. The first-order chi connectivity index (χ1) is 16.3. The average molecular weight is 463 g/mol. The van der Waals surface area contributed by atoms with Crippen molar-refractivity contribution in [2.45, 2.75) is 63.5 Å². The highest BCUT2D eigenvalue weighted by Gasteiger charge is 2.41. The fraction of sp³-hybridized carbons (Fsp3) is 0.500. The molecule has 1 fully saturated rings. The van der Waals surface area contributed by atoms with Crippen LogP contribution in [0.5, 0.6) is 0 Å². The Morgan fingerprint density at radius 3 is 2.56 bits per heavy atom. The lowest BCUT2D eigenvalue weighted by Gasteiger charge is -2.35. The van der Waals surface area contributed by atoms with Gasteiger partial charge in [0, 0.05) is 31.4 Å². The van der Waals surface area contributed by atoms with Gasteiger partial charge in [-0.1, -0.05) is 43.2 Å². The molecule has 6 heteroatoms. The average Bonchev–Trinajstić information content (AvgIpc) is 2.94. The van der Waals surface area contributed by atoms with Crippen LogP contribution in [0.3, 0.4) is 0 Å². The number of benzene rings is 2. The maximum Gasteiger partial charge on any atom is 0.247 e. The normalized spacial score (nSPS) is 24.9. The minimum absolute atomic E-state index is 0.00334. The number of carbonyl (C=O) groups is 2. The molecule has 182 valence electrons. The molecule has 2 amide bonds. The summed E-state index contributed by atoms with van der Waals surface area (Å²) in [5.41, 5.74) is 15.9. The highest BCUT2D eigenvalue weighted by molar-refractivity contribution is 6.01. The number of hydrogen-bond acceptors (Lipinski definition) is 4. The van der Waals surface area contributed by atoms with Crippen LogP contribution in [0.1, 0.15) is 56.1 Å². The van der Waals surface area contributed by atoms with Crippen molar-refractivity contribution in [3.8, 4) is 0 Å². The van der Waals surface area contributed by atoms with E-state index in [-0.39, 0.29) is 17.7 Å². The topological polar surface area (TPSA) is 92.7 Å². The molecular formula is C28H38N4O2.